The van der Waals surface area contributed by atoms with Gasteiger partial charge < -0.3 is 12.6 Å². The molecule has 0 aliphatic carbocycles. The molecule has 8 heavy (non-hydrogen) atoms. The molecule has 0 aliphatic heterocycles. The van der Waals surface area contributed by atoms with Gasteiger partial charge in [0.25, 0.3) is 0 Å². The maximum atomic E-state index is 4.77. The van der Waals surface area contributed by atoms with Crippen LogP contribution >= 0.6 is 0 Å². The molecule has 0 aromatic rings. The van der Waals surface area contributed by atoms with Gasteiger partial charge >= 0.3 is 51.4 Å². The second-order valence-corrected chi connectivity index (χ2v) is 2.17. The Hall–Kier alpha value is 1.99. The average Bonchev–Trinajstić information content (AvgIpc) is 1.69. The maximum absolute atomic E-state index is 4.77. The van der Waals surface area contributed by atoms with E-state index in [1.165, 1.54) is 25.7 Å². The summed E-state index contributed by atoms with van der Waals surface area (Å²) < 4.78 is 0. The quantitative estimate of drug-likeness (QED) is 0.289. The van der Waals surface area contributed by atoms with Crippen molar-refractivity contribution in [3.8, 4) is 0 Å². The molecule has 0 saturated carbocycles. The molecule has 0 aliphatic rings. The largest absolute Gasteiger partial charge is 1.00 e. The Morgan fingerprint density at radius 2 is 1.75 bits per heavy atom. The van der Waals surface area contributed by atoms with E-state index in [1.54, 1.807) is 0 Å². The Morgan fingerprint density at radius 3 is 2.12 bits per heavy atom. The Kier molecular flexibility index (Phi) is 18.6. The van der Waals surface area contributed by atoms with Gasteiger partial charge in [0.15, 0.2) is 0 Å². The van der Waals surface area contributed by atoms with Crippen LogP contribution in [0.1, 0.15) is 32.6 Å². The zero-order valence-corrected chi connectivity index (χ0v) is 9.88. The van der Waals surface area contributed by atoms with Gasteiger partial charge in [-0.15, -0.1) is 0 Å². The van der Waals surface area contributed by atoms with Crippen LogP contribution in [-0.2, 0) is 12.6 Å². The summed E-state index contributed by atoms with van der Waals surface area (Å²) in [6.45, 7) is 2.21. The molecule has 2 heteroatoms. The van der Waals surface area contributed by atoms with Crippen LogP contribution in [0.15, 0.2) is 0 Å². The fourth-order valence-electron chi connectivity index (χ4n) is 0.529. The third-order valence-electron chi connectivity index (χ3n) is 0.998. The standard InChI is InChI=1S/C6H14S.K/c1-2-3-4-5-6-7;/h7H,2-6H2,1H3;/q;+1/p-1. The van der Waals surface area contributed by atoms with E-state index in [9.17, 15) is 0 Å². The van der Waals surface area contributed by atoms with Crippen LogP contribution in [0, 0.1) is 0 Å². The Bertz CT molecular complexity index is 27.7. The van der Waals surface area contributed by atoms with Gasteiger partial charge in [0.2, 0.25) is 0 Å². The summed E-state index contributed by atoms with van der Waals surface area (Å²) in [5, 5.41) is 0. The van der Waals surface area contributed by atoms with Gasteiger partial charge in [-0.3, -0.25) is 0 Å². The van der Waals surface area contributed by atoms with Crippen molar-refractivity contribution in [2.45, 2.75) is 32.6 Å². The van der Waals surface area contributed by atoms with Crippen molar-refractivity contribution in [2.75, 3.05) is 5.75 Å². The molecule has 0 heterocycles. The summed E-state index contributed by atoms with van der Waals surface area (Å²) in [4.78, 5) is 0. The second kappa shape index (κ2) is 11.7. The molecule has 0 saturated heterocycles. The monoisotopic (exact) mass is 156 g/mol. The molecule has 0 unspecified atom stereocenters. The van der Waals surface area contributed by atoms with Crippen molar-refractivity contribution in [2.24, 2.45) is 0 Å². The summed E-state index contributed by atoms with van der Waals surface area (Å²) >= 11 is 4.77. The first kappa shape index (κ1) is 12.6. The van der Waals surface area contributed by atoms with Crippen molar-refractivity contribution < 1.29 is 51.4 Å². The third kappa shape index (κ3) is 10.9. The van der Waals surface area contributed by atoms with E-state index < -0.39 is 0 Å². The average molecular weight is 156 g/mol. The summed E-state index contributed by atoms with van der Waals surface area (Å²) in [5.74, 6) is 0.944. The van der Waals surface area contributed by atoms with E-state index in [2.05, 4.69) is 6.92 Å². The fraction of sp³-hybridized carbons (Fsp3) is 1.00. The van der Waals surface area contributed by atoms with Crippen molar-refractivity contribution in [1.82, 2.24) is 0 Å². The molecule has 0 amide bonds. The fourth-order valence-corrected chi connectivity index (χ4v) is 0.733. The van der Waals surface area contributed by atoms with Crippen LogP contribution in [0.5, 0.6) is 0 Å². The van der Waals surface area contributed by atoms with E-state index in [-0.39, 0.29) is 51.4 Å². The minimum atomic E-state index is 0. The van der Waals surface area contributed by atoms with E-state index >= 15 is 0 Å². The van der Waals surface area contributed by atoms with Crippen molar-refractivity contribution in [1.29, 1.82) is 0 Å². The Labute approximate surface area is 101 Å². The molecule has 0 N–H and O–H groups in total. The summed E-state index contributed by atoms with van der Waals surface area (Å²) in [6, 6.07) is 0. The molecular weight excluding hydrogens is 143 g/mol. The number of hydrogen-bond acceptors (Lipinski definition) is 1. The maximum Gasteiger partial charge on any atom is 1.00 e. The van der Waals surface area contributed by atoms with Gasteiger partial charge in [-0.25, -0.2) is 0 Å². The molecule has 0 bridgehead atoms. The molecule has 0 rings (SSSR count). The summed E-state index contributed by atoms with van der Waals surface area (Å²) in [6.07, 6.45) is 5.25. The minimum Gasteiger partial charge on any atom is -0.793 e. The van der Waals surface area contributed by atoms with Crippen LogP contribution in [0.3, 0.4) is 0 Å². The number of unbranched alkanes of at least 4 members (excludes halogenated alkanes) is 3. The molecule has 0 atom stereocenters. The van der Waals surface area contributed by atoms with Crippen LogP contribution in [-0.4, -0.2) is 5.75 Å². The first-order chi connectivity index (χ1) is 3.41. The molecule has 0 nitrogen and oxygen atoms in total. The summed E-state index contributed by atoms with van der Waals surface area (Å²) in [5.41, 5.74) is 0. The molecule has 44 valence electrons. The molecule has 0 aromatic carbocycles. The van der Waals surface area contributed by atoms with E-state index in [1.807, 2.05) is 0 Å². The molecule has 0 fully saturated rings. The molecule has 0 aromatic heterocycles. The van der Waals surface area contributed by atoms with Gasteiger partial charge in [0.1, 0.15) is 0 Å². The molecule has 0 radical (unpaired) electrons. The van der Waals surface area contributed by atoms with Crippen LogP contribution in [0.2, 0.25) is 0 Å². The Balaban J connectivity index is 0. The van der Waals surface area contributed by atoms with Crippen LogP contribution in [0.25, 0.3) is 0 Å². The van der Waals surface area contributed by atoms with Crippen molar-refractivity contribution in [3.05, 3.63) is 0 Å². The van der Waals surface area contributed by atoms with Crippen LogP contribution < -0.4 is 51.4 Å². The SMILES string of the molecule is CCCCCC[S-].[K+]. The van der Waals surface area contributed by atoms with Gasteiger partial charge in [-0.2, -0.15) is 5.75 Å². The zero-order chi connectivity index (χ0) is 5.54. The first-order valence-corrected chi connectivity index (χ1v) is 3.57. The van der Waals surface area contributed by atoms with Crippen molar-refractivity contribution in [3.63, 3.8) is 0 Å². The predicted molar refractivity (Wildman–Crippen MR) is 36.4 cm³/mol. The topological polar surface area (TPSA) is 0 Å². The van der Waals surface area contributed by atoms with Crippen molar-refractivity contribution >= 4 is 12.6 Å². The van der Waals surface area contributed by atoms with E-state index in [0.29, 0.717) is 0 Å². The number of rotatable bonds is 4. The number of hydrogen-bond donors (Lipinski definition) is 0. The summed E-state index contributed by atoms with van der Waals surface area (Å²) in [7, 11) is 0. The zero-order valence-electron chi connectivity index (χ0n) is 5.94. The van der Waals surface area contributed by atoms with Gasteiger partial charge in [-0.05, 0) is 0 Å². The van der Waals surface area contributed by atoms with E-state index in [0.717, 1.165) is 5.75 Å². The predicted octanol–water partition coefficient (Wildman–Crippen LogP) is -0.882. The van der Waals surface area contributed by atoms with Gasteiger partial charge in [0.05, 0.1) is 0 Å². The third-order valence-corrected chi connectivity index (χ3v) is 1.29. The smallest absolute Gasteiger partial charge is 0.793 e. The first-order valence-electron chi connectivity index (χ1n) is 3.00. The van der Waals surface area contributed by atoms with Gasteiger partial charge in [0, 0.05) is 0 Å². The minimum absolute atomic E-state index is 0. The Morgan fingerprint density at radius 1 is 1.12 bits per heavy atom. The molecule has 0 spiro atoms. The second-order valence-electron chi connectivity index (χ2n) is 1.76. The van der Waals surface area contributed by atoms with Crippen LogP contribution in [0.4, 0.5) is 0 Å². The van der Waals surface area contributed by atoms with E-state index in [4.69, 9.17) is 12.6 Å². The van der Waals surface area contributed by atoms with Gasteiger partial charge in [-0.1, -0.05) is 32.6 Å². The normalized spacial score (nSPS) is 8.25. The molecular formula is C6H13KS.